The molecule has 0 amide bonds. The van der Waals surface area contributed by atoms with Crippen molar-refractivity contribution < 1.29 is 4.79 Å². The third-order valence-electron chi connectivity index (χ3n) is 6.29. The van der Waals surface area contributed by atoms with Crippen molar-refractivity contribution in [3.63, 3.8) is 0 Å². The molecule has 1 heteroatoms. The van der Waals surface area contributed by atoms with Crippen molar-refractivity contribution in [3.8, 4) is 0 Å². The molecule has 0 unspecified atom stereocenters. The van der Waals surface area contributed by atoms with Crippen LogP contribution in [0.2, 0.25) is 0 Å². The maximum atomic E-state index is 12.2. The van der Waals surface area contributed by atoms with Crippen LogP contribution in [0.4, 0.5) is 0 Å². The van der Waals surface area contributed by atoms with Gasteiger partial charge in [-0.25, -0.2) is 0 Å². The number of rotatable bonds is 5. The van der Waals surface area contributed by atoms with Crippen molar-refractivity contribution >= 4 is 6.29 Å². The second-order valence-electron chi connectivity index (χ2n) is 8.68. The van der Waals surface area contributed by atoms with E-state index in [0.29, 0.717) is 5.92 Å². The van der Waals surface area contributed by atoms with Gasteiger partial charge in [-0.2, -0.15) is 0 Å². The smallest absolute Gasteiger partial charge is 0.126 e. The highest BCUT2D eigenvalue weighted by Crippen LogP contribution is 2.42. The van der Waals surface area contributed by atoms with Gasteiger partial charge in [0, 0.05) is 5.41 Å². The molecule has 0 bridgehead atoms. The van der Waals surface area contributed by atoms with E-state index in [2.05, 4.69) is 64.1 Å². The van der Waals surface area contributed by atoms with Crippen LogP contribution in [0.15, 0.2) is 36.4 Å². The maximum absolute atomic E-state index is 12.2. The number of aryl methyl sites for hydroxylation is 4. The predicted octanol–water partition coefficient (Wildman–Crippen LogP) is 6.08. The van der Waals surface area contributed by atoms with Gasteiger partial charge in [0.05, 0.1) is 0 Å². The van der Waals surface area contributed by atoms with Crippen LogP contribution < -0.4 is 0 Å². The summed E-state index contributed by atoms with van der Waals surface area (Å²) in [5.41, 5.74) is 7.95. The van der Waals surface area contributed by atoms with Crippen LogP contribution in [-0.2, 0) is 17.6 Å². The van der Waals surface area contributed by atoms with E-state index in [-0.39, 0.29) is 5.41 Å². The molecule has 1 saturated carbocycles. The van der Waals surface area contributed by atoms with Crippen molar-refractivity contribution in [2.75, 3.05) is 0 Å². The number of hydrogen-bond acceptors (Lipinski definition) is 1. The lowest BCUT2D eigenvalue weighted by Gasteiger charge is -2.38. The third-order valence-corrected chi connectivity index (χ3v) is 6.29. The third kappa shape index (κ3) is 4.26. The van der Waals surface area contributed by atoms with Crippen molar-refractivity contribution in [1.29, 1.82) is 0 Å². The molecule has 1 nitrogen and oxygen atoms in total. The van der Waals surface area contributed by atoms with Crippen molar-refractivity contribution in [3.05, 3.63) is 69.8 Å². The molecule has 138 valence electrons. The number of carbonyl (C=O) groups excluding carboxylic acids is 1. The summed E-state index contributed by atoms with van der Waals surface area (Å²) in [6.07, 6.45) is 7.76. The highest BCUT2D eigenvalue weighted by molar-refractivity contribution is 5.61. The highest BCUT2D eigenvalue weighted by Gasteiger charge is 2.36. The molecule has 0 spiro atoms. The average Bonchev–Trinajstić information content (AvgIpc) is 2.62. The van der Waals surface area contributed by atoms with Crippen LogP contribution in [0, 0.1) is 39.0 Å². The minimum Gasteiger partial charge on any atom is -0.303 e. The number of benzene rings is 2. The Hall–Kier alpha value is -1.89. The van der Waals surface area contributed by atoms with Crippen LogP contribution in [-0.4, -0.2) is 6.29 Å². The zero-order valence-corrected chi connectivity index (χ0v) is 16.8. The molecule has 1 aliphatic rings. The molecule has 0 radical (unpaired) electrons. The van der Waals surface area contributed by atoms with Gasteiger partial charge in [-0.1, -0.05) is 60.4 Å². The van der Waals surface area contributed by atoms with E-state index in [1.54, 1.807) is 0 Å². The van der Waals surface area contributed by atoms with Crippen molar-refractivity contribution in [2.24, 2.45) is 11.3 Å². The Balaban J connectivity index is 1.79. The molecule has 0 saturated heterocycles. The van der Waals surface area contributed by atoms with Gasteiger partial charge in [0.2, 0.25) is 0 Å². The lowest BCUT2D eigenvalue weighted by atomic mass is 9.66. The monoisotopic (exact) mass is 348 g/mol. The molecule has 0 heterocycles. The molecule has 0 aliphatic heterocycles. The lowest BCUT2D eigenvalue weighted by Crippen LogP contribution is -2.33. The molecule has 1 fully saturated rings. The van der Waals surface area contributed by atoms with Gasteiger partial charge >= 0.3 is 0 Å². The van der Waals surface area contributed by atoms with Gasteiger partial charge in [-0.3, -0.25) is 0 Å². The first-order valence-corrected chi connectivity index (χ1v) is 9.99. The average molecular weight is 349 g/mol. The summed E-state index contributed by atoms with van der Waals surface area (Å²) >= 11 is 0. The highest BCUT2D eigenvalue weighted by atomic mass is 16.1. The summed E-state index contributed by atoms with van der Waals surface area (Å²) in [7, 11) is 0. The predicted molar refractivity (Wildman–Crippen MR) is 110 cm³/mol. The molecule has 2 atom stereocenters. The standard InChI is InChI=1S/C25H32O/c1-18-7-9-20(3)23(12-18)14-22-6-5-11-25(15-22,17-26)16-24-13-19(2)8-10-21(24)4/h7-10,12-13,17,22H,5-6,11,14-16H2,1-4H3/t22-,25-/m0/s1. The minimum absolute atomic E-state index is 0.181. The maximum Gasteiger partial charge on any atom is 0.126 e. The zero-order chi connectivity index (χ0) is 18.7. The summed E-state index contributed by atoms with van der Waals surface area (Å²) in [5, 5.41) is 0. The first-order chi connectivity index (χ1) is 12.4. The van der Waals surface area contributed by atoms with Crippen LogP contribution >= 0.6 is 0 Å². The van der Waals surface area contributed by atoms with Crippen LogP contribution in [0.25, 0.3) is 0 Å². The van der Waals surface area contributed by atoms with Crippen LogP contribution in [0.3, 0.4) is 0 Å². The second-order valence-corrected chi connectivity index (χ2v) is 8.68. The summed E-state index contributed by atoms with van der Waals surface area (Å²) < 4.78 is 0. The van der Waals surface area contributed by atoms with Crippen LogP contribution in [0.1, 0.15) is 59.1 Å². The fourth-order valence-electron chi connectivity index (χ4n) is 4.71. The fourth-order valence-corrected chi connectivity index (χ4v) is 4.71. The first kappa shape index (κ1) is 18.9. The van der Waals surface area contributed by atoms with E-state index in [0.717, 1.165) is 25.7 Å². The Morgan fingerprint density at radius 2 is 1.58 bits per heavy atom. The fraction of sp³-hybridized carbons (Fsp3) is 0.480. The van der Waals surface area contributed by atoms with Gasteiger partial charge in [0.15, 0.2) is 0 Å². The van der Waals surface area contributed by atoms with E-state index in [4.69, 9.17) is 0 Å². The Bertz CT molecular complexity index is 789. The van der Waals surface area contributed by atoms with E-state index in [1.807, 2.05) is 0 Å². The minimum atomic E-state index is -0.181. The van der Waals surface area contributed by atoms with Gasteiger partial charge < -0.3 is 4.79 Å². The molecule has 3 rings (SSSR count). The van der Waals surface area contributed by atoms with Crippen molar-refractivity contribution in [1.82, 2.24) is 0 Å². The molecule has 0 aromatic heterocycles. The molecule has 1 aliphatic carbocycles. The molecule has 26 heavy (non-hydrogen) atoms. The van der Waals surface area contributed by atoms with Crippen molar-refractivity contribution in [2.45, 2.75) is 66.2 Å². The number of carbonyl (C=O) groups is 1. The molecule has 2 aromatic carbocycles. The molecule has 2 aromatic rings. The van der Waals surface area contributed by atoms with E-state index >= 15 is 0 Å². The summed E-state index contributed by atoms with van der Waals surface area (Å²) in [6.45, 7) is 8.69. The van der Waals surface area contributed by atoms with E-state index < -0.39 is 0 Å². The summed E-state index contributed by atoms with van der Waals surface area (Å²) in [6, 6.07) is 13.4. The van der Waals surface area contributed by atoms with Crippen LogP contribution in [0.5, 0.6) is 0 Å². The summed E-state index contributed by atoms with van der Waals surface area (Å²) in [4.78, 5) is 12.2. The van der Waals surface area contributed by atoms with E-state index in [1.165, 1.54) is 52.5 Å². The molecule has 0 N–H and O–H groups in total. The number of hydrogen-bond donors (Lipinski definition) is 0. The second kappa shape index (κ2) is 7.78. The number of aldehydes is 1. The Morgan fingerprint density at radius 3 is 2.23 bits per heavy atom. The molecular weight excluding hydrogens is 316 g/mol. The Labute approximate surface area is 158 Å². The largest absolute Gasteiger partial charge is 0.303 e. The molecular formula is C25H32O. The first-order valence-electron chi connectivity index (χ1n) is 9.99. The normalized spacial score (nSPS) is 23.0. The summed E-state index contributed by atoms with van der Waals surface area (Å²) in [5.74, 6) is 0.611. The Morgan fingerprint density at radius 1 is 0.962 bits per heavy atom. The SMILES string of the molecule is Cc1ccc(C)c(C[C@@H]2CCC[C@@](C=O)(Cc3cc(C)ccc3C)C2)c1. The van der Waals surface area contributed by atoms with E-state index in [9.17, 15) is 4.79 Å². The van der Waals surface area contributed by atoms with Gasteiger partial charge in [0.25, 0.3) is 0 Å². The van der Waals surface area contributed by atoms with Gasteiger partial charge in [0.1, 0.15) is 6.29 Å². The lowest BCUT2D eigenvalue weighted by molar-refractivity contribution is -0.118. The van der Waals surface area contributed by atoms with Gasteiger partial charge in [-0.05, 0) is 81.5 Å². The quantitative estimate of drug-likeness (QED) is 0.598. The topological polar surface area (TPSA) is 17.1 Å². The Kier molecular flexibility index (Phi) is 5.65. The zero-order valence-electron chi connectivity index (χ0n) is 16.8. The van der Waals surface area contributed by atoms with Gasteiger partial charge in [-0.15, -0.1) is 0 Å².